The lowest BCUT2D eigenvalue weighted by Crippen LogP contribution is -2.52. The Labute approximate surface area is 103 Å². The van der Waals surface area contributed by atoms with Crippen molar-refractivity contribution in [3.8, 4) is 5.75 Å². The fourth-order valence-corrected chi connectivity index (χ4v) is 1.85. The molecule has 1 aromatic carbocycles. The van der Waals surface area contributed by atoms with Crippen molar-refractivity contribution in [1.29, 1.82) is 0 Å². The topological polar surface area (TPSA) is 21.7 Å². The molecule has 0 unspecified atom stereocenters. The number of benzene rings is 1. The van der Waals surface area contributed by atoms with Gasteiger partial charge in [-0.2, -0.15) is 0 Å². The van der Waals surface area contributed by atoms with Crippen molar-refractivity contribution in [2.24, 2.45) is 0 Å². The summed E-state index contributed by atoms with van der Waals surface area (Å²) in [6, 6.07) is 8.14. The number of allylic oxidation sites excluding steroid dienone is 2. The van der Waals surface area contributed by atoms with Gasteiger partial charge in [-0.05, 0) is 44.2 Å². The summed E-state index contributed by atoms with van der Waals surface area (Å²) in [6.45, 7) is 5.90. The highest BCUT2D eigenvalue weighted by Crippen LogP contribution is 2.25. The minimum Gasteiger partial charge on any atom is -0.497 e. The summed E-state index contributed by atoms with van der Waals surface area (Å²) in [7, 11) is 1.68. The Morgan fingerprint density at radius 3 is 2.47 bits per heavy atom. The van der Waals surface area contributed by atoms with Gasteiger partial charge in [0.25, 0.3) is 0 Å². The molecule has 0 spiro atoms. The molecule has 1 heterocycles. The number of nitrogens with zero attached hydrogens (tertiary/aromatic N) is 1. The molecule has 1 fully saturated rings. The fraction of sp³-hybridized carbons (Fsp3) is 0.429. The van der Waals surface area contributed by atoms with E-state index in [1.807, 2.05) is 32.1 Å². The molecular formula is C14H19NO2. The van der Waals surface area contributed by atoms with E-state index in [4.69, 9.17) is 9.47 Å². The molecule has 0 aromatic heterocycles. The van der Waals surface area contributed by atoms with Gasteiger partial charge in [-0.1, -0.05) is 0 Å². The first-order chi connectivity index (χ1) is 8.22. The smallest absolute Gasteiger partial charge is 0.133 e. The van der Waals surface area contributed by atoms with Crippen LogP contribution < -0.4 is 9.64 Å². The standard InChI is InChI=1S/C14H19NO2/c1-4-11(2)17-14-9-15(10-14)12-5-7-13(16-3)8-6-12/h4-8,14H,9-10H2,1-3H3/b11-4+. The minimum absolute atomic E-state index is 0.327. The maximum Gasteiger partial charge on any atom is 0.133 e. The Morgan fingerprint density at radius 1 is 1.29 bits per heavy atom. The van der Waals surface area contributed by atoms with Crippen molar-refractivity contribution >= 4 is 5.69 Å². The van der Waals surface area contributed by atoms with Gasteiger partial charge < -0.3 is 14.4 Å². The molecule has 1 aromatic rings. The first kappa shape index (κ1) is 11.8. The lowest BCUT2D eigenvalue weighted by atomic mass is 10.1. The highest BCUT2D eigenvalue weighted by Gasteiger charge is 2.28. The molecule has 1 saturated heterocycles. The molecule has 0 atom stereocenters. The summed E-state index contributed by atoms with van der Waals surface area (Å²) in [5, 5.41) is 0. The normalized spacial score (nSPS) is 16.6. The molecule has 3 heteroatoms. The van der Waals surface area contributed by atoms with Crippen molar-refractivity contribution in [3.63, 3.8) is 0 Å². The van der Waals surface area contributed by atoms with E-state index in [9.17, 15) is 0 Å². The number of anilines is 1. The second-order valence-corrected chi connectivity index (χ2v) is 4.24. The molecule has 0 saturated carbocycles. The van der Waals surface area contributed by atoms with Crippen LogP contribution in [0.4, 0.5) is 5.69 Å². The van der Waals surface area contributed by atoms with Crippen LogP contribution >= 0.6 is 0 Å². The summed E-state index contributed by atoms with van der Waals surface area (Å²) < 4.78 is 10.9. The molecule has 1 aliphatic rings. The zero-order chi connectivity index (χ0) is 12.3. The molecule has 92 valence electrons. The first-order valence-corrected chi connectivity index (χ1v) is 5.91. The van der Waals surface area contributed by atoms with Crippen molar-refractivity contribution in [2.75, 3.05) is 25.1 Å². The SMILES string of the molecule is C/C=C(\C)OC1CN(c2ccc(OC)cc2)C1. The number of rotatable bonds is 4. The average molecular weight is 233 g/mol. The Bertz CT molecular complexity index is 391. The van der Waals surface area contributed by atoms with Gasteiger partial charge in [-0.3, -0.25) is 0 Å². The van der Waals surface area contributed by atoms with Crippen molar-refractivity contribution in [3.05, 3.63) is 36.1 Å². The van der Waals surface area contributed by atoms with E-state index in [0.29, 0.717) is 6.10 Å². The molecule has 3 nitrogen and oxygen atoms in total. The number of methoxy groups -OCH3 is 1. The van der Waals surface area contributed by atoms with E-state index < -0.39 is 0 Å². The summed E-state index contributed by atoms with van der Waals surface area (Å²) in [5.74, 6) is 1.90. The van der Waals surface area contributed by atoms with Crippen LogP contribution in [0.5, 0.6) is 5.75 Å². The predicted molar refractivity (Wildman–Crippen MR) is 69.5 cm³/mol. The molecule has 0 radical (unpaired) electrons. The van der Waals surface area contributed by atoms with Crippen LogP contribution in [0.2, 0.25) is 0 Å². The zero-order valence-electron chi connectivity index (χ0n) is 10.6. The first-order valence-electron chi connectivity index (χ1n) is 5.91. The second-order valence-electron chi connectivity index (χ2n) is 4.24. The summed E-state index contributed by atoms with van der Waals surface area (Å²) in [6.07, 6.45) is 2.32. The largest absolute Gasteiger partial charge is 0.497 e. The molecule has 0 bridgehead atoms. The van der Waals surface area contributed by atoms with Gasteiger partial charge in [0.2, 0.25) is 0 Å². The van der Waals surface area contributed by atoms with Gasteiger partial charge in [0.1, 0.15) is 11.9 Å². The minimum atomic E-state index is 0.327. The second kappa shape index (κ2) is 5.13. The van der Waals surface area contributed by atoms with Gasteiger partial charge in [0.15, 0.2) is 0 Å². The van der Waals surface area contributed by atoms with Crippen molar-refractivity contribution in [2.45, 2.75) is 20.0 Å². The summed E-state index contributed by atoms with van der Waals surface area (Å²) in [5.41, 5.74) is 1.23. The maximum atomic E-state index is 5.73. The Morgan fingerprint density at radius 2 is 1.94 bits per heavy atom. The van der Waals surface area contributed by atoms with E-state index in [1.54, 1.807) is 7.11 Å². The van der Waals surface area contributed by atoms with Crippen LogP contribution in [0.3, 0.4) is 0 Å². The molecule has 0 amide bonds. The molecule has 0 aliphatic carbocycles. The van der Waals surface area contributed by atoms with E-state index >= 15 is 0 Å². The van der Waals surface area contributed by atoms with Crippen LogP contribution in [0.1, 0.15) is 13.8 Å². The van der Waals surface area contributed by atoms with Gasteiger partial charge in [-0.25, -0.2) is 0 Å². The van der Waals surface area contributed by atoms with Crippen LogP contribution in [0, 0.1) is 0 Å². The maximum absolute atomic E-state index is 5.73. The Balaban J connectivity index is 1.86. The summed E-state index contributed by atoms with van der Waals surface area (Å²) in [4.78, 5) is 2.30. The van der Waals surface area contributed by atoms with Gasteiger partial charge >= 0.3 is 0 Å². The third-order valence-electron chi connectivity index (χ3n) is 3.04. The van der Waals surface area contributed by atoms with E-state index in [0.717, 1.165) is 24.6 Å². The van der Waals surface area contributed by atoms with E-state index in [1.165, 1.54) is 5.69 Å². The molecule has 0 N–H and O–H groups in total. The van der Waals surface area contributed by atoms with Gasteiger partial charge in [0, 0.05) is 5.69 Å². The van der Waals surface area contributed by atoms with Gasteiger partial charge in [-0.15, -0.1) is 0 Å². The van der Waals surface area contributed by atoms with Crippen molar-refractivity contribution in [1.82, 2.24) is 0 Å². The highest BCUT2D eigenvalue weighted by atomic mass is 16.5. The zero-order valence-corrected chi connectivity index (χ0v) is 10.6. The van der Waals surface area contributed by atoms with E-state index in [2.05, 4.69) is 17.0 Å². The van der Waals surface area contributed by atoms with Gasteiger partial charge in [0.05, 0.1) is 26.0 Å². The van der Waals surface area contributed by atoms with Crippen LogP contribution in [0.15, 0.2) is 36.1 Å². The highest BCUT2D eigenvalue weighted by molar-refractivity contribution is 5.51. The molecule has 17 heavy (non-hydrogen) atoms. The quantitative estimate of drug-likeness (QED) is 0.746. The monoisotopic (exact) mass is 233 g/mol. The number of ether oxygens (including phenoxy) is 2. The van der Waals surface area contributed by atoms with E-state index in [-0.39, 0.29) is 0 Å². The number of hydrogen-bond donors (Lipinski definition) is 0. The van der Waals surface area contributed by atoms with Crippen LogP contribution in [-0.4, -0.2) is 26.3 Å². The third-order valence-corrected chi connectivity index (χ3v) is 3.04. The molecular weight excluding hydrogens is 214 g/mol. The van der Waals surface area contributed by atoms with Crippen molar-refractivity contribution < 1.29 is 9.47 Å². The van der Waals surface area contributed by atoms with Crippen LogP contribution in [0.25, 0.3) is 0 Å². The summed E-state index contributed by atoms with van der Waals surface area (Å²) >= 11 is 0. The lowest BCUT2D eigenvalue weighted by molar-refractivity contribution is 0.0916. The number of hydrogen-bond acceptors (Lipinski definition) is 3. The fourth-order valence-electron chi connectivity index (χ4n) is 1.85. The third kappa shape index (κ3) is 2.73. The molecule has 1 aliphatic heterocycles. The Kier molecular flexibility index (Phi) is 3.57. The average Bonchev–Trinajstić information content (AvgIpc) is 2.33. The predicted octanol–water partition coefficient (Wildman–Crippen LogP) is 2.82. The Hall–Kier alpha value is -1.64. The molecule has 2 rings (SSSR count). The van der Waals surface area contributed by atoms with Crippen LogP contribution in [-0.2, 0) is 4.74 Å². The lowest BCUT2D eigenvalue weighted by Gasteiger charge is -2.40.